The third-order valence-corrected chi connectivity index (χ3v) is 14.4. The highest BCUT2D eigenvalue weighted by Gasteiger charge is 2.22. The van der Waals surface area contributed by atoms with Crippen molar-refractivity contribution in [3.63, 3.8) is 0 Å². The van der Waals surface area contributed by atoms with Gasteiger partial charge in [-0.3, -0.25) is 3.97 Å². The second kappa shape index (κ2) is 18.2. The molecule has 11 rings (SSSR count). The lowest BCUT2D eigenvalue weighted by Gasteiger charge is -2.20. The maximum absolute atomic E-state index is 5.29. The van der Waals surface area contributed by atoms with Gasteiger partial charge in [-0.2, -0.15) is 12.6 Å². The van der Waals surface area contributed by atoms with E-state index in [1.54, 1.807) is 0 Å². The standard InChI is InChI=1S/C60H50N4S2/c1-3-5-35-66-64-55-34-30-47(39-53(55)62-60(64)43-25-16-9-17-26-43)45-28-32-49-51(37-45)58(41-21-12-7-13-22-41)48-31-27-44(36-50(48)57(49)40-19-10-6-11-20-40)46-29-33-54-52(38-46)61-59(42-23-14-8-15-24-42)63(54)56(65)18-4-2/h6-17,19-34,36-39,56,65H,3-5,18,35H2,1-2H3. The Kier molecular flexibility index (Phi) is 11.5. The zero-order chi connectivity index (χ0) is 44.6. The number of fused-ring (bicyclic) bond motifs is 4. The van der Waals surface area contributed by atoms with Gasteiger partial charge >= 0.3 is 0 Å². The van der Waals surface area contributed by atoms with Crippen molar-refractivity contribution >= 4 is 68.2 Å². The molecule has 0 fully saturated rings. The summed E-state index contributed by atoms with van der Waals surface area (Å²) in [5, 5.41) is 4.89. The second-order valence-electron chi connectivity index (χ2n) is 17.1. The molecule has 1 unspecified atom stereocenters. The van der Waals surface area contributed by atoms with E-state index in [1.807, 2.05) is 11.9 Å². The lowest BCUT2D eigenvalue weighted by molar-refractivity contribution is 0.636. The predicted molar refractivity (Wildman–Crippen MR) is 286 cm³/mol. The van der Waals surface area contributed by atoms with Crippen molar-refractivity contribution in [2.75, 3.05) is 5.75 Å². The Morgan fingerprint density at radius 1 is 0.439 bits per heavy atom. The first-order chi connectivity index (χ1) is 32.6. The summed E-state index contributed by atoms with van der Waals surface area (Å²) < 4.78 is 4.64. The summed E-state index contributed by atoms with van der Waals surface area (Å²) in [6.07, 6.45) is 4.32. The van der Waals surface area contributed by atoms with Crippen LogP contribution in [0.4, 0.5) is 0 Å². The van der Waals surface area contributed by atoms with E-state index in [9.17, 15) is 0 Å². The van der Waals surface area contributed by atoms with Crippen molar-refractivity contribution < 1.29 is 0 Å². The smallest absolute Gasteiger partial charge is 0.151 e. The summed E-state index contributed by atoms with van der Waals surface area (Å²) in [6.45, 7) is 4.46. The van der Waals surface area contributed by atoms with E-state index in [0.717, 1.165) is 98.5 Å². The minimum Gasteiger partial charge on any atom is -0.312 e. The summed E-state index contributed by atoms with van der Waals surface area (Å²) in [6, 6.07) is 70.5. The summed E-state index contributed by atoms with van der Waals surface area (Å²) >= 11 is 6.96. The van der Waals surface area contributed by atoms with Gasteiger partial charge in [0.05, 0.1) is 27.4 Å². The Hall–Kier alpha value is -6.86. The van der Waals surface area contributed by atoms with E-state index in [1.165, 1.54) is 43.8 Å². The van der Waals surface area contributed by atoms with Gasteiger partial charge in [0.1, 0.15) is 5.82 Å². The third kappa shape index (κ3) is 7.68. The van der Waals surface area contributed by atoms with Crippen molar-refractivity contribution in [1.82, 2.24) is 18.5 Å². The fourth-order valence-corrected chi connectivity index (χ4v) is 11.3. The Morgan fingerprint density at radius 3 is 1.39 bits per heavy atom. The molecule has 0 spiro atoms. The molecule has 0 saturated heterocycles. The number of benzene rings is 9. The summed E-state index contributed by atoms with van der Waals surface area (Å²) in [5.74, 6) is 2.99. The number of aromatic nitrogens is 4. The van der Waals surface area contributed by atoms with Gasteiger partial charge < -0.3 is 4.57 Å². The molecule has 6 heteroatoms. The van der Waals surface area contributed by atoms with E-state index in [-0.39, 0.29) is 5.37 Å². The monoisotopic (exact) mass is 890 g/mol. The number of unbranched alkanes of at least 4 members (excludes halogenated alkanes) is 1. The van der Waals surface area contributed by atoms with Crippen molar-refractivity contribution in [3.05, 3.63) is 194 Å². The van der Waals surface area contributed by atoms with Gasteiger partial charge in [-0.05, 0) is 127 Å². The van der Waals surface area contributed by atoms with E-state index in [2.05, 4.69) is 217 Å². The lowest BCUT2D eigenvalue weighted by Crippen LogP contribution is -2.04. The average molecular weight is 891 g/mol. The maximum Gasteiger partial charge on any atom is 0.151 e. The number of imidazole rings is 2. The molecule has 322 valence electrons. The van der Waals surface area contributed by atoms with Crippen LogP contribution in [0.3, 0.4) is 0 Å². The predicted octanol–water partition coefficient (Wildman–Crippen LogP) is 17.2. The van der Waals surface area contributed by atoms with Crippen molar-refractivity contribution in [1.29, 1.82) is 0 Å². The van der Waals surface area contributed by atoms with E-state index >= 15 is 0 Å². The van der Waals surface area contributed by atoms with Gasteiger partial charge in [0.2, 0.25) is 0 Å². The normalized spacial score (nSPS) is 12.2. The molecule has 0 bridgehead atoms. The van der Waals surface area contributed by atoms with E-state index in [0.29, 0.717) is 0 Å². The zero-order valence-electron chi connectivity index (χ0n) is 37.2. The lowest BCUT2D eigenvalue weighted by atomic mass is 9.84. The Balaban J connectivity index is 1.10. The van der Waals surface area contributed by atoms with E-state index in [4.69, 9.17) is 22.6 Å². The van der Waals surface area contributed by atoms with Crippen LogP contribution in [0.1, 0.15) is 44.9 Å². The third-order valence-electron chi connectivity index (χ3n) is 12.8. The second-order valence-corrected chi connectivity index (χ2v) is 18.8. The topological polar surface area (TPSA) is 35.6 Å². The minimum atomic E-state index is 0.0221. The summed E-state index contributed by atoms with van der Waals surface area (Å²) in [4.78, 5) is 10.6. The van der Waals surface area contributed by atoms with Crippen molar-refractivity contribution in [3.8, 4) is 67.3 Å². The average Bonchev–Trinajstić information content (AvgIpc) is 3.95. The minimum absolute atomic E-state index is 0.0221. The Labute approximate surface area is 396 Å². The fraction of sp³-hybridized carbons (Fsp3) is 0.133. The first-order valence-electron chi connectivity index (χ1n) is 23.2. The number of hydrogen-bond donors (Lipinski definition) is 1. The molecule has 2 heterocycles. The number of nitrogens with zero attached hydrogens (tertiary/aromatic N) is 4. The summed E-state index contributed by atoms with van der Waals surface area (Å²) in [7, 11) is 0. The van der Waals surface area contributed by atoms with Gasteiger partial charge in [-0.25, -0.2) is 9.97 Å². The van der Waals surface area contributed by atoms with Crippen LogP contribution in [0.25, 0.3) is 111 Å². The van der Waals surface area contributed by atoms with Gasteiger partial charge in [-0.15, -0.1) is 0 Å². The quantitative estimate of drug-likeness (QED) is 0.0712. The Morgan fingerprint density at radius 2 is 0.879 bits per heavy atom. The largest absolute Gasteiger partial charge is 0.312 e. The molecular formula is C60H50N4S2. The molecule has 2 aromatic heterocycles. The first-order valence-corrected chi connectivity index (χ1v) is 24.7. The molecule has 0 aliphatic heterocycles. The Bertz CT molecular complexity index is 3510. The highest BCUT2D eigenvalue weighted by Crippen LogP contribution is 2.46. The van der Waals surface area contributed by atoms with Gasteiger partial charge in [0.15, 0.2) is 5.82 Å². The number of rotatable bonds is 13. The van der Waals surface area contributed by atoms with Crippen LogP contribution in [0, 0.1) is 0 Å². The van der Waals surface area contributed by atoms with Crippen LogP contribution in [-0.2, 0) is 0 Å². The van der Waals surface area contributed by atoms with Gasteiger partial charge in [0.25, 0.3) is 0 Å². The highest BCUT2D eigenvalue weighted by molar-refractivity contribution is 7.98. The molecule has 0 saturated carbocycles. The molecule has 9 aromatic carbocycles. The molecule has 11 aromatic rings. The molecule has 0 amide bonds. The number of thiol groups is 1. The molecule has 1 atom stereocenters. The van der Waals surface area contributed by atoms with Crippen LogP contribution < -0.4 is 0 Å². The highest BCUT2D eigenvalue weighted by atomic mass is 32.2. The molecule has 0 N–H and O–H groups in total. The molecule has 66 heavy (non-hydrogen) atoms. The SMILES string of the molecule is CCCCSn1c(-c2ccccc2)nc2cc(-c3ccc4c(-c5ccccc5)c5cc(-c6ccc7c(c6)nc(-c6ccccc6)n7C(S)CCC)ccc5c(-c5ccccc5)c4c3)ccc21. The van der Waals surface area contributed by atoms with Crippen LogP contribution in [-0.4, -0.2) is 24.3 Å². The fourth-order valence-electron chi connectivity index (χ4n) is 9.62. The van der Waals surface area contributed by atoms with Crippen LogP contribution >= 0.6 is 24.6 Å². The maximum atomic E-state index is 5.29. The van der Waals surface area contributed by atoms with Crippen LogP contribution in [0.2, 0.25) is 0 Å². The molecule has 0 aliphatic rings. The van der Waals surface area contributed by atoms with E-state index < -0.39 is 0 Å². The van der Waals surface area contributed by atoms with Crippen LogP contribution in [0.5, 0.6) is 0 Å². The molecule has 0 aliphatic carbocycles. The zero-order valence-corrected chi connectivity index (χ0v) is 38.9. The molecule has 0 radical (unpaired) electrons. The van der Waals surface area contributed by atoms with Crippen molar-refractivity contribution in [2.24, 2.45) is 0 Å². The first kappa shape index (κ1) is 41.8. The molecule has 4 nitrogen and oxygen atoms in total. The van der Waals surface area contributed by atoms with Gasteiger partial charge in [0, 0.05) is 16.9 Å². The van der Waals surface area contributed by atoms with Crippen LogP contribution in [0.15, 0.2) is 194 Å². The van der Waals surface area contributed by atoms with Crippen molar-refractivity contribution in [2.45, 2.75) is 44.9 Å². The number of hydrogen-bond acceptors (Lipinski definition) is 4. The van der Waals surface area contributed by atoms with Gasteiger partial charge in [-0.1, -0.05) is 184 Å². The molecular weight excluding hydrogens is 841 g/mol. The summed E-state index contributed by atoms with van der Waals surface area (Å²) in [5.41, 5.74) is 15.9.